The molecule has 0 unspecified atom stereocenters. The van der Waals surface area contributed by atoms with E-state index in [-0.39, 0.29) is 43.6 Å². The first kappa shape index (κ1) is 35.0. The number of carbonyl (C=O) groups excluding carboxylic acids is 3. The topological polar surface area (TPSA) is 131 Å². The summed E-state index contributed by atoms with van der Waals surface area (Å²) >= 11 is 6.27. The Morgan fingerprint density at radius 3 is 2.12 bits per heavy atom. The third kappa shape index (κ3) is 8.22. The molecule has 0 bridgehead atoms. The quantitative estimate of drug-likeness (QED) is 0.258. The maximum absolute atomic E-state index is 13.9. The lowest BCUT2D eigenvalue weighted by Crippen LogP contribution is -2.47. The van der Waals surface area contributed by atoms with Gasteiger partial charge in [0, 0.05) is 36.0 Å². The van der Waals surface area contributed by atoms with Crippen molar-refractivity contribution in [3.05, 3.63) is 82.4 Å². The molecule has 1 saturated carbocycles. The van der Waals surface area contributed by atoms with Crippen molar-refractivity contribution < 1.29 is 23.9 Å². The second kappa shape index (κ2) is 15.3. The summed E-state index contributed by atoms with van der Waals surface area (Å²) in [6.45, 7) is 4.88. The van der Waals surface area contributed by atoms with Crippen molar-refractivity contribution in [2.75, 3.05) is 43.6 Å². The molecule has 0 spiro atoms. The van der Waals surface area contributed by atoms with Crippen LogP contribution in [0, 0.1) is 5.92 Å². The van der Waals surface area contributed by atoms with Crippen LogP contribution in [0.15, 0.2) is 60.7 Å². The van der Waals surface area contributed by atoms with Crippen LogP contribution in [0.25, 0.3) is 0 Å². The summed E-state index contributed by atoms with van der Waals surface area (Å²) in [5.74, 6) is 0.778. The van der Waals surface area contributed by atoms with E-state index < -0.39 is 11.8 Å². The van der Waals surface area contributed by atoms with Crippen molar-refractivity contribution in [1.29, 1.82) is 0 Å². The van der Waals surface area contributed by atoms with Gasteiger partial charge in [0.05, 0.1) is 38.8 Å². The second-order valence-electron chi connectivity index (χ2n) is 13.2. The fourth-order valence-electron chi connectivity index (χ4n) is 7.10. The lowest BCUT2D eigenvalue weighted by molar-refractivity contribution is -0.123. The van der Waals surface area contributed by atoms with Crippen LogP contribution >= 0.6 is 11.6 Å². The van der Waals surface area contributed by atoms with Gasteiger partial charge in [-0.2, -0.15) is 0 Å². The molecule has 1 fully saturated rings. The molecule has 3 aromatic carbocycles. The number of nitrogens with zero attached hydrogens (tertiary/aromatic N) is 3. The van der Waals surface area contributed by atoms with Crippen LogP contribution in [0.2, 0.25) is 5.02 Å². The number of halogens is 1. The van der Waals surface area contributed by atoms with Crippen LogP contribution in [0.4, 0.5) is 11.4 Å². The number of fused-ring (bicyclic) bond motifs is 1. The first-order valence-corrected chi connectivity index (χ1v) is 16.9. The summed E-state index contributed by atoms with van der Waals surface area (Å²) in [5.41, 5.74) is 15.5. The number of benzene rings is 3. The molecule has 1 heterocycles. The Labute approximate surface area is 287 Å². The first-order chi connectivity index (χ1) is 22.9. The highest BCUT2D eigenvalue weighted by Gasteiger charge is 2.36. The van der Waals surface area contributed by atoms with E-state index in [9.17, 15) is 14.4 Å². The summed E-state index contributed by atoms with van der Waals surface area (Å²) in [6, 6.07) is 19.4. The van der Waals surface area contributed by atoms with Crippen LogP contribution in [-0.4, -0.2) is 68.6 Å². The van der Waals surface area contributed by atoms with Crippen LogP contribution in [0.3, 0.4) is 0 Å². The Morgan fingerprint density at radius 1 is 0.938 bits per heavy atom. The minimum absolute atomic E-state index is 0.0124. The van der Waals surface area contributed by atoms with E-state index in [1.165, 1.54) is 0 Å². The molecule has 3 aromatic rings. The Bertz CT molecular complexity index is 1590. The van der Waals surface area contributed by atoms with Gasteiger partial charge in [0.25, 0.3) is 0 Å². The first-order valence-electron chi connectivity index (χ1n) is 16.5. The fourth-order valence-corrected chi connectivity index (χ4v) is 7.22. The SMILES string of the molecule is COc1cc2c(cc1OC(C)C)[C@H](c1ccc(Cl)cc1)N(c1ccc(N(C)CC3CCC(N(CC(N)=O)CC(N)=O)CC3)cc1)C(=O)C2. The Hall–Kier alpha value is -4.28. The van der Waals surface area contributed by atoms with E-state index in [0.29, 0.717) is 22.4 Å². The third-order valence-corrected chi connectivity index (χ3v) is 9.54. The third-order valence-electron chi connectivity index (χ3n) is 9.29. The molecule has 3 amide bonds. The second-order valence-corrected chi connectivity index (χ2v) is 13.6. The summed E-state index contributed by atoms with van der Waals surface area (Å²) < 4.78 is 11.8. The van der Waals surface area contributed by atoms with E-state index in [0.717, 1.165) is 60.3 Å². The zero-order valence-corrected chi connectivity index (χ0v) is 28.9. The van der Waals surface area contributed by atoms with Gasteiger partial charge in [-0.15, -0.1) is 0 Å². The van der Waals surface area contributed by atoms with Gasteiger partial charge >= 0.3 is 0 Å². The predicted octanol–water partition coefficient (Wildman–Crippen LogP) is 5.08. The molecular weight excluding hydrogens is 630 g/mol. The van der Waals surface area contributed by atoms with Gasteiger partial charge in [-0.25, -0.2) is 0 Å². The maximum Gasteiger partial charge on any atom is 0.232 e. The average molecular weight is 676 g/mol. The number of hydrogen-bond donors (Lipinski definition) is 2. The summed E-state index contributed by atoms with van der Waals surface area (Å²) in [4.78, 5) is 42.9. The van der Waals surface area contributed by atoms with E-state index in [4.69, 9.17) is 32.5 Å². The number of amides is 3. The Morgan fingerprint density at radius 2 is 1.56 bits per heavy atom. The highest BCUT2D eigenvalue weighted by Crippen LogP contribution is 2.44. The van der Waals surface area contributed by atoms with Crippen molar-refractivity contribution in [3.8, 4) is 11.5 Å². The maximum atomic E-state index is 13.9. The largest absolute Gasteiger partial charge is 0.493 e. The van der Waals surface area contributed by atoms with Crippen LogP contribution in [-0.2, 0) is 20.8 Å². The Kier molecular flexibility index (Phi) is 11.2. The fraction of sp³-hybridized carbons (Fsp3) is 0.432. The van der Waals surface area contributed by atoms with Gasteiger partial charge in [-0.3, -0.25) is 19.3 Å². The van der Waals surface area contributed by atoms with Gasteiger partial charge in [0.15, 0.2) is 11.5 Å². The normalized spacial score (nSPS) is 19.3. The number of carbonyl (C=O) groups is 3. The molecule has 1 atom stereocenters. The molecule has 0 saturated heterocycles. The zero-order chi connectivity index (χ0) is 34.5. The van der Waals surface area contributed by atoms with Crippen molar-refractivity contribution >= 4 is 40.7 Å². The minimum atomic E-state index is -0.457. The number of methoxy groups -OCH3 is 1. The highest BCUT2D eigenvalue weighted by atomic mass is 35.5. The number of nitrogens with two attached hydrogens (primary N) is 2. The number of anilines is 2. The molecule has 2 aliphatic rings. The summed E-state index contributed by atoms with van der Waals surface area (Å²) in [6.07, 6.45) is 3.87. The molecular formula is C37H46ClN5O5. The molecule has 5 rings (SSSR count). The summed E-state index contributed by atoms with van der Waals surface area (Å²) in [5, 5.41) is 0.626. The van der Waals surface area contributed by atoms with Gasteiger partial charge in [0.1, 0.15) is 0 Å². The minimum Gasteiger partial charge on any atom is -0.493 e. The van der Waals surface area contributed by atoms with Crippen molar-refractivity contribution in [1.82, 2.24) is 4.90 Å². The zero-order valence-electron chi connectivity index (χ0n) is 28.2. The molecule has 4 N–H and O–H groups in total. The number of rotatable bonds is 13. The van der Waals surface area contributed by atoms with Crippen molar-refractivity contribution in [2.24, 2.45) is 17.4 Å². The molecule has 0 radical (unpaired) electrons. The van der Waals surface area contributed by atoms with Gasteiger partial charge in [0.2, 0.25) is 17.7 Å². The number of hydrogen-bond acceptors (Lipinski definition) is 7. The molecule has 10 nitrogen and oxygen atoms in total. The lowest BCUT2D eigenvalue weighted by Gasteiger charge is -2.38. The molecule has 48 heavy (non-hydrogen) atoms. The molecule has 0 aromatic heterocycles. The van der Waals surface area contributed by atoms with Crippen LogP contribution < -0.4 is 30.7 Å². The van der Waals surface area contributed by atoms with Gasteiger partial charge in [-0.05, 0) is 111 Å². The van der Waals surface area contributed by atoms with Gasteiger partial charge < -0.3 is 30.7 Å². The standard InChI is InChI=1S/C37H46ClN5O5/c1-23(2)48-33-19-31-26(17-32(33)47-4)18-36(46)43(37(31)25-7-9-27(38)10-8-25)30-15-13-28(14-16-30)41(3)20-24-5-11-29(12-6-24)42(21-34(39)44)22-35(40)45/h7-10,13-17,19,23-24,29,37H,5-6,11-12,18,20-22H2,1-4H3,(H2,39,44)(H2,40,45)/t24?,29?,37-/m0/s1. The van der Waals surface area contributed by atoms with Crippen molar-refractivity contribution in [3.63, 3.8) is 0 Å². The van der Waals surface area contributed by atoms with Crippen molar-refractivity contribution in [2.45, 2.75) is 64.1 Å². The summed E-state index contributed by atoms with van der Waals surface area (Å²) in [7, 11) is 3.69. The van der Waals surface area contributed by atoms with Crippen LogP contribution in [0.1, 0.15) is 62.3 Å². The van der Waals surface area contributed by atoms with Gasteiger partial charge in [-0.1, -0.05) is 23.7 Å². The van der Waals surface area contributed by atoms with E-state index in [2.05, 4.69) is 24.1 Å². The van der Waals surface area contributed by atoms with E-state index in [1.54, 1.807) is 7.11 Å². The monoisotopic (exact) mass is 675 g/mol. The Balaban J connectivity index is 1.35. The lowest BCUT2D eigenvalue weighted by atomic mass is 9.85. The molecule has 11 heteroatoms. The predicted molar refractivity (Wildman–Crippen MR) is 189 cm³/mol. The molecule has 256 valence electrons. The van der Waals surface area contributed by atoms with E-state index in [1.807, 2.05) is 72.2 Å². The molecule has 1 aliphatic heterocycles. The average Bonchev–Trinajstić information content (AvgIpc) is 3.04. The smallest absolute Gasteiger partial charge is 0.232 e. The van der Waals surface area contributed by atoms with Crippen LogP contribution in [0.5, 0.6) is 11.5 Å². The molecule has 1 aliphatic carbocycles. The highest BCUT2D eigenvalue weighted by molar-refractivity contribution is 6.30. The van der Waals surface area contributed by atoms with E-state index >= 15 is 0 Å². The number of ether oxygens (including phenoxy) is 2. The number of primary amides is 2.